The topological polar surface area (TPSA) is 36.4 Å². The first-order valence-electron chi connectivity index (χ1n) is 6.19. The molecule has 4 heteroatoms. The van der Waals surface area contributed by atoms with Gasteiger partial charge in [0, 0.05) is 32.0 Å². The Morgan fingerprint density at radius 3 is 3.12 bits per heavy atom. The van der Waals surface area contributed by atoms with E-state index in [-0.39, 0.29) is 6.10 Å². The van der Waals surface area contributed by atoms with Gasteiger partial charge in [0.1, 0.15) is 0 Å². The van der Waals surface area contributed by atoms with Gasteiger partial charge in [-0.1, -0.05) is 18.5 Å². The Kier molecular flexibility index (Phi) is 4.37. The largest absolute Gasteiger partial charge is 0.393 e. The maximum Gasteiger partial charge on any atom is 0.0634 e. The van der Waals surface area contributed by atoms with E-state index in [1.54, 1.807) is 12.4 Å². The molecule has 0 amide bonds. The molecule has 0 aromatic carbocycles. The summed E-state index contributed by atoms with van der Waals surface area (Å²) in [6, 6.07) is 1.97. The van der Waals surface area contributed by atoms with E-state index in [9.17, 15) is 5.11 Å². The Bertz CT molecular complexity index is 372. The predicted molar refractivity (Wildman–Crippen MR) is 68.9 cm³/mol. The molecule has 1 aliphatic rings. The number of hydrogen-bond acceptors (Lipinski definition) is 3. The van der Waals surface area contributed by atoms with Gasteiger partial charge in [0.05, 0.1) is 11.1 Å². The van der Waals surface area contributed by atoms with Crippen molar-refractivity contribution in [3.63, 3.8) is 0 Å². The van der Waals surface area contributed by atoms with E-state index in [0.717, 1.165) is 43.1 Å². The summed E-state index contributed by atoms with van der Waals surface area (Å²) in [5.41, 5.74) is 1.12. The molecule has 0 spiro atoms. The van der Waals surface area contributed by atoms with Crippen molar-refractivity contribution >= 4 is 11.6 Å². The SMILES string of the molecule is CCC1CN(Cc2ccncc2Cl)CCC1O. The highest BCUT2D eigenvalue weighted by Crippen LogP contribution is 2.23. The summed E-state index contributed by atoms with van der Waals surface area (Å²) in [5.74, 6) is 0.393. The molecule has 0 radical (unpaired) electrons. The summed E-state index contributed by atoms with van der Waals surface area (Å²) < 4.78 is 0. The number of aromatic nitrogens is 1. The second kappa shape index (κ2) is 5.80. The van der Waals surface area contributed by atoms with Gasteiger partial charge >= 0.3 is 0 Å². The molecule has 0 aliphatic carbocycles. The monoisotopic (exact) mass is 254 g/mol. The average molecular weight is 255 g/mol. The maximum absolute atomic E-state index is 9.84. The van der Waals surface area contributed by atoms with Gasteiger partial charge in [0.15, 0.2) is 0 Å². The molecule has 17 heavy (non-hydrogen) atoms. The van der Waals surface area contributed by atoms with Gasteiger partial charge in [0.2, 0.25) is 0 Å². The first-order chi connectivity index (χ1) is 8.20. The molecule has 2 heterocycles. The van der Waals surface area contributed by atoms with Crippen LogP contribution in [0.3, 0.4) is 0 Å². The number of aliphatic hydroxyl groups excluding tert-OH is 1. The number of aliphatic hydroxyl groups is 1. The lowest BCUT2D eigenvalue weighted by molar-refractivity contribution is 0.0222. The number of rotatable bonds is 3. The zero-order chi connectivity index (χ0) is 12.3. The van der Waals surface area contributed by atoms with Crippen molar-refractivity contribution in [2.45, 2.75) is 32.4 Å². The molecule has 2 atom stereocenters. The van der Waals surface area contributed by atoms with Crippen molar-refractivity contribution in [3.05, 3.63) is 29.0 Å². The van der Waals surface area contributed by atoms with Crippen molar-refractivity contribution in [2.75, 3.05) is 13.1 Å². The smallest absolute Gasteiger partial charge is 0.0634 e. The van der Waals surface area contributed by atoms with Gasteiger partial charge in [-0.2, -0.15) is 0 Å². The lowest BCUT2D eigenvalue weighted by atomic mass is 9.92. The number of pyridine rings is 1. The number of likely N-dealkylation sites (tertiary alicyclic amines) is 1. The summed E-state index contributed by atoms with van der Waals surface area (Å²) in [4.78, 5) is 6.35. The fourth-order valence-electron chi connectivity index (χ4n) is 2.41. The van der Waals surface area contributed by atoms with Crippen LogP contribution in [-0.4, -0.2) is 34.2 Å². The van der Waals surface area contributed by atoms with Gasteiger partial charge < -0.3 is 5.11 Å². The quantitative estimate of drug-likeness (QED) is 0.900. The molecule has 1 saturated heterocycles. The molecular weight excluding hydrogens is 236 g/mol. The van der Waals surface area contributed by atoms with E-state index < -0.39 is 0 Å². The van der Waals surface area contributed by atoms with E-state index in [2.05, 4.69) is 16.8 Å². The Morgan fingerprint density at radius 1 is 1.59 bits per heavy atom. The normalized spacial score (nSPS) is 26.1. The molecule has 2 unspecified atom stereocenters. The molecule has 2 rings (SSSR count). The van der Waals surface area contributed by atoms with Crippen LogP contribution in [-0.2, 0) is 6.54 Å². The molecule has 1 aromatic heterocycles. The minimum Gasteiger partial charge on any atom is -0.393 e. The van der Waals surface area contributed by atoms with Crippen LogP contribution < -0.4 is 0 Å². The van der Waals surface area contributed by atoms with E-state index in [1.165, 1.54) is 0 Å². The minimum absolute atomic E-state index is 0.135. The summed E-state index contributed by atoms with van der Waals surface area (Å²) in [5, 5.41) is 10.6. The van der Waals surface area contributed by atoms with E-state index in [1.807, 2.05) is 6.07 Å². The molecule has 3 nitrogen and oxygen atoms in total. The van der Waals surface area contributed by atoms with Gasteiger partial charge in [-0.05, 0) is 30.4 Å². The van der Waals surface area contributed by atoms with Crippen LogP contribution in [0.25, 0.3) is 0 Å². The fourth-order valence-corrected chi connectivity index (χ4v) is 2.59. The minimum atomic E-state index is -0.135. The van der Waals surface area contributed by atoms with Crippen LogP contribution in [0.5, 0.6) is 0 Å². The molecular formula is C13H19ClN2O. The van der Waals surface area contributed by atoms with Crippen LogP contribution in [0.1, 0.15) is 25.3 Å². The van der Waals surface area contributed by atoms with Gasteiger partial charge in [0.25, 0.3) is 0 Å². The van der Waals surface area contributed by atoms with Gasteiger partial charge in [-0.15, -0.1) is 0 Å². The average Bonchev–Trinajstić information content (AvgIpc) is 2.34. The summed E-state index contributed by atoms with van der Waals surface area (Å²) in [6.07, 6.45) is 5.22. The highest BCUT2D eigenvalue weighted by molar-refractivity contribution is 6.31. The Morgan fingerprint density at radius 2 is 2.41 bits per heavy atom. The zero-order valence-corrected chi connectivity index (χ0v) is 10.9. The molecule has 1 aromatic rings. The number of halogens is 1. The Hall–Kier alpha value is -0.640. The summed E-state index contributed by atoms with van der Waals surface area (Å²) >= 11 is 6.10. The highest BCUT2D eigenvalue weighted by Gasteiger charge is 2.26. The van der Waals surface area contributed by atoms with Crippen molar-refractivity contribution < 1.29 is 5.11 Å². The molecule has 0 bridgehead atoms. The number of hydrogen-bond donors (Lipinski definition) is 1. The van der Waals surface area contributed by atoms with Crippen LogP contribution in [0.4, 0.5) is 0 Å². The molecule has 0 saturated carbocycles. The third-order valence-electron chi connectivity index (χ3n) is 3.55. The van der Waals surface area contributed by atoms with Crippen molar-refractivity contribution in [3.8, 4) is 0 Å². The molecule has 1 aliphatic heterocycles. The molecule has 1 fully saturated rings. The first kappa shape index (κ1) is 12.8. The van der Waals surface area contributed by atoms with Crippen LogP contribution in [0.15, 0.2) is 18.5 Å². The predicted octanol–water partition coefficient (Wildman–Crippen LogP) is 2.33. The summed E-state index contributed by atoms with van der Waals surface area (Å²) in [6.45, 7) is 4.88. The second-order valence-electron chi connectivity index (χ2n) is 4.73. The van der Waals surface area contributed by atoms with E-state index in [0.29, 0.717) is 5.92 Å². The molecule has 94 valence electrons. The Labute approximate surface area is 107 Å². The number of nitrogens with zero attached hydrogens (tertiary/aromatic N) is 2. The standard InChI is InChI=1S/C13H19ClN2O/c1-2-10-8-16(6-4-13(10)17)9-11-3-5-15-7-12(11)14/h3,5,7,10,13,17H,2,4,6,8-9H2,1H3. The highest BCUT2D eigenvalue weighted by atomic mass is 35.5. The van der Waals surface area contributed by atoms with E-state index in [4.69, 9.17) is 11.6 Å². The van der Waals surface area contributed by atoms with Gasteiger partial charge in [-0.25, -0.2) is 0 Å². The van der Waals surface area contributed by atoms with E-state index >= 15 is 0 Å². The van der Waals surface area contributed by atoms with Crippen molar-refractivity contribution in [1.29, 1.82) is 0 Å². The maximum atomic E-state index is 9.84. The lowest BCUT2D eigenvalue weighted by Crippen LogP contribution is -2.42. The fraction of sp³-hybridized carbons (Fsp3) is 0.615. The van der Waals surface area contributed by atoms with Crippen LogP contribution >= 0.6 is 11.6 Å². The van der Waals surface area contributed by atoms with Gasteiger partial charge in [-0.3, -0.25) is 9.88 Å². The van der Waals surface area contributed by atoms with Crippen molar-refractivity contribution in [1.82, 2.24) is 9.88 Å². The second-order valence-corrected chi connectivity index (χ2v) is 5.13. The zero-order valence-electron chi connectivity index (χ0n) is 10.1. The summed E-state index contributed by atoms with van der Waals surface area (Å²) in [7, 11) is 0. The van der Waals surface area contributed by atoms with Crippen molar-refractivity contribution in [2.24, 2.45) is 5.92 Å². The Balaban J connectivity index is 1.98. The third-order valence-corrected chi connectivity index (χ3v) is 3.89. The van der Waals surface area contributed by atoms with Crippen LogP contribution in [0.2, 0.25) is 5.02 Å². The number of piperidine rings is 1. The third kappa shape index (κ3) is 3.18. The molecule has 1 N–H and O–H groups in total. The lowest BCUT2D eigenvalue weighted by Gasteiger charge is -2.35. The van der Waals surface area contributed by atoms with Crippen LogP contribution in [0, 0.1) is 5.92 Å². The first-order valence-corrected chi connectivity index (χ1v) is 6.57.